The molecule has 23 heavy (non-hydrogen) atoms. The molecule has 2 aromatic heterocycles. The highest BCUT2D eigenvalue weighted by molar-refractivity contribution is 7.10. The van der Waals surface area contributed by atoms with Gasteiger partial charge in [0.25, 0.3) is 0 Å². The molecule has 1 N–H and O–H groups in total. The summed E-state index contributed by atoms with van der Waals surface area (Å²) >= 11 is 1.89. The summed E-state index contributed by atoms with van der Waals surface area (Å²) in [6.07, 6.45) is 5.12. The number of nitrogens with zero attached hydrogens (tertiary/aromatic N) is 2. The first-order valence-corrected chi connectivity index (χ1v) is 8.87. The van der Waals surface area contributed by atoms with E-state index in [2.05, 4.69) is 57.0 Å². The largest absolute Gasteiger partial charge is 0.365 e. The monoisotopic (exact) mass is 319 g/mol. The van der Waals surface area contributed by atoms with Gasteiger partial charge in [-0.15, -0.1) is 11.3 Å². The van der Waals surface area contributed by atoms with Gasteiger partial charge in [0.15, 0.2) is 0 Å². The Hall–Kier alpha value is -2.17. The number of aromatic nitrogens is 1. The second-order valence-electron chi connectivity index (χ2n) is 6.11. The van der Waals surface area contributed by atoms with E-state index >= 15 is 0 Å². The summed E-state index contributed by atoms with van der Waals surface area (Å²) in [5.41, 5.74) is 5.32. The summed E-state index contributed by atoms with van der Waals surface area (Å²) < 4.78 is 0. The normalized spacial score (nSPS) is 22.6. The van der Waals surface area contributed by atoms with E-state index in [4.69, 9.17) is 0 Å². The molecule has 114 valence electrons. The van der Waals surface area contributed by atoms with E-state index in [1.54, 1.807) is 0 Å². The van der Waals surface area contributed by atoms with Crippen molar-refractivity contribution in [1.29, 1.82) is 0 Å². The minimum Gasteiger partial charge on any atom is -0.365 e. The van der Waals surface area contributed by atoms with Crippen LogP contribution in [0.15, 0.2) is 60.2 Å². The molecule has 3 nitrogen and oxygen atoms in total. The third-order valence-electron chi connectivity index (χ3n) is 4.88. The Bertz CT molecular complexity index is 843. The van der Waals surface area contributed by atoms with Crippen LogP contribution < -0.4 is 5.32 Å². The number of hydrogen-bond donors (Lipinski definition) is 1. The quantitative estimate of drug-likeness (QED) is 0.728. The fourth-order valence-electron chi connectivity index (χ4n) is 3.87. The average Bonchev–Trinajstić information content (AvgIpc) is 3.10. The number of nitrogens with one attached hydrogen (secondary N) is 1. The summed E-state index contributed by atoms with van der Waals surface area (Å²) in [7, 11) is 0. The van der Waals surface area contributed by atoms with E-state index in [1.807, 2.05) is 29.8 Å². The van der Waals surface area contributed by atoms with Crippen molar-refractivity contribution in [2.24, 2.45) is 0 Å². The van der Waals surface area contributed by atoms with Crippen LogP contribution in [0.4, 0.5) is 5.69 Å². The lowest BCUT2D eigenvalue weighted by Crippen LogP contribution is -2.44. The van der Waals surface area contributed by atoms with Crippen molar-refractivity contribution >= 4 is 17.0 Å². The molecule has 4 heterocycles. The summed E-state index contributed by atoms with van der Waals surface area (Å²) in [4.78, 5) is 8.44. The van der Waals surface area contributed by atoms with Crippen LogP contribution in [-0.2, 0) is 6.42 Å². The van der Waals surface area contributed by atoms with Crippen LogP contribution >= 0.6 is 11.3 Å². The Kier molecular flexibility index (Phi) is 2.99. The van der Waals surface area contributed by atoms with Crippen molar-refractivity contribution in [2.75, 3.05) is 11.9 Å². The summed E-state index contributed by atoms with van der Waals surface area (Å²) in [6.45, 7) is 1.07. The maximum absolute atomic E-state index is 4.32. The standard InChI is InChI=1S/C19H17N3S/c1-2-6-16-14(5-1)18-15-8-11-23-17(15)7-10-22(18)19(21-16)13-4-3-9-20-12-13/h1-6,8-9,11-12,18-19,21H,7,10H2/t18-,19-/m1/s1. The van der Waals surface area contributed by atoms with Gasteiger partial charge < -0.3 is 5.32 Å². The molecule has 0 radical (unpaired) electrons. The zero-order valence-electron chi connectivity index (χ0n) is 12.6. The summed E-state index contributed by atoms with van der Waals surface area (Å²) in [5.74, 6) is 0. The zero-order valence-corrected chi connectivity index (χ0v) is 13.5. The fraction of sp³-hybridized carbons (Fsp3) is 0.211. The van der Waals surface area contributed by atoms with Gasteiger partial charge in [0.2, 0.25) is 0 Å². The van der Waals surface area contributed by atoms with Crippen LogP contribution in [0.2, 0.25) is 0 Å². The van der Waals surface area contributed by atoms with Crippen molar-refractivity contribution in [3.63, 3.8) is 0 Å². The van der Waals surface area contributed by atoms with E-state index in [9.17, 15) is 0 Å². The lowest BCUT2D eigenvalue weighted by molar-refractivity contribution is 0.155. The molecule has 2 atom stereocenters. The third kappa shape index (κ3) is 2.02. The van der Waals surface area contributed by atoms with E-state index in [0.29, 0.717) is 6.04 Å². The molecule has 0 saturated heterocycles. The molecule has 2 aliphatic rings. The number of anilines is 1. The number of hydrogen-bond acceptors (Lipinski definition) is 4. The molecule has 0 saturated carbocycles. The fourth-order valence-corrected chi connectivity index (χ4v) is 4.77. The topological polar surface area (TPSA) is 28.2 Å². The predicted molar refractivity (Wildman–Crippen MR) is 93.6 cm³/mol. The maximum Gasteiger partial charge on any atom is 0.108 e. The predicted octanol–water partition coefficient (Wildman–Crippen LogP) is 4.21. The smallest absolute Gasteiger partial charge is 0.108 e. The second kappa shape index (κ2) is 5.18. The first kappa shape index (κ1) is 13.3. The Balaban J connectivity index is 1.69. The molecule has 0 amide bonds. The first-order chi connectivity index (χ1) is 11.4. The van der Waals surface area contributed by atoms with Crippen LogP contribution in [0.25, 0.3) is 0 Å². The number of para-hydroxylation sites is 1. The van der Waals surface area contributed by atoms with Gasteiger partial charge >= 0.3 is 0 Å². The van der Waals surface area contributed by atoms with Gasteiger partial charge in [-0.1, -0.05) is 24.3 Å². The Morgan fingerprint density at radius 1 is 1.09 bits per heavy atom. The van der Waals surface area contributed by atoms with Gasteiger partial charge in [0, 0.05) is 35.1 Å². The zero-order chi connectivity index (χ0) is 15.2. The Morgan fingerprint density at radius 2 is 2.04 bits per heavy atom. The summed E-state index contributed by atoms with van der Waals surface area (Å²) in [5, 5.41) is 5.96. The van der Waals surface area contributed by atoms with E-state index in [1.165, 1.54) is 27.3 Å². The molecular formula is C19H17N3S. The minimum absolute atomic E-state index is 0.177. The molecular weight excluding hydrogens is 302 g/mol. The van der Waals surface area contributed by atoms with Crippen LogP contribution in [0.3, 0.4) is 0 Å². The highest BCUT2D eigenvalue weighted by Gasteiger charge is 2.39. The number of pyridine rings is 1. The van der Waals surface area contributed by atoms with Crippen molar-refractivity contribution < 1.29 is 0 Å². The molecule has 5 rings (SSSR count). The van der Waals surface area contributed by atoms with Crippen LogP contribution in [-0.4, -0.2) is 16.4 Å². The molecule has 4 heteroatoms. The number of rotatable bonds is 1. The average molecular weight is 319 g/mol. The minimum atomic E-state index is 0.177. The van der Waals surface area contributed by atoms with Gasteiger partial charge in [-0.05, 0) is 41.1 Å². The van der Waals surface area contributed by atoms with Crippen molar-refractivity contribution in [3.8, 4) is 0 Å². The van der Waals surface area contributed by atoms with Crippen LogP contribution in [0.1, 0.15) is 33.8 Å². The summed E-state index contributed by atoms with van der Waals surface area (Å²) in [6, 6.07) is 15.5. The Morgan fingerprint density at radius 3 is 2.96 bits per heavy atom. The molecule has 0 unspecified atom stereocenters. The highest BCUT2D eigenvalue weighted by atomic mass is 32.1. The second-order valence-corrected chi connectivity index (χ2v) is 7.11. The van der Waals surface area contributed by atoms with Gasteiger partial charge in [-0.3, -0.25) is 9.88 Å². The number of thiophene rings is 1. The molecule has 0 fully saturated rings. The molecule has 2 aliphatic heterocycles. The van der Waals surface area contributed by atoms with Crippen molar-refractivity contribution in [3.05, 3.63) is 81.8 Å². The number of benzene rings is 1. The van der Waals surface area contributed by atoms with Crippen molar-refractivity contribution in [1.82, 2.24) is 9.88 Å². The van der Waals surface area contributed by atoms with Gasteiger partial charge in [0.05, 0.1) is 6.04 Å². The Labute approximate surface area is 139 Å². The van der Waals surface area contributed by atoms with Gasteiger partial charge in [-0.2, -0.15) is 0 Å². The maximum atomic E-state index is 4.32. The third-order valence-corrected chi connectivity index (χ3v) is 5.88. The molecule has 0 aliphatic carbocycles. The molecule has 0 spiro atoms. The SMILES string of the molecule is c1cncc([C@@H]2Nc3ccccc3[C@@H]3c4ccsc4CCN32)c1. The van der Waals surface area contributed by atoms with Gasteiger partial charge in [-0.25, -0.2) is 0 Å². The number of fused-ring (bicyclic) bond motifs is 5. The van der Waals surface area contributed by atoms with E-state index < -0.39 is 0 Å². The van der Waals surface area contributed by atoms with E-state index in [-0.39, 0.29) is 6.17 Å². The van der Waals surface area contributed by atoms with Crippen LogP contribution in [0, 0.1) is 0 Å². The van der Waals surface area contributed by atoms with Crippen LogP contribution in [0.5, 0.6) is 0 Å². The van der Waals surface area contributed by atoms with Crippen molar-refractivity contribution in [2.45, 2.75) is 18.6 Å². The highest BCUT2D eigenvalue weighted by Crippen LogP contribution is 2.47. The first-order valence-electron chi connectivity index (χ1n) is 7.99. The molecule has 1 aromatic carbocycles. The van der Waals surface area contributed by atoms with Gasteiger partial charge in [0.1, 0.15) is 6.17 Å². The van der Waals surface area contributed by atoms with E-state index in [0.717, 1.165) is 13.0 Å². The lowest BCUT2D eigenvalue weighted by atomic mass is 9.88. The lowest BCUT2D eigenvalue weighted by Gasteiger charge is -2.46. The molecule has 3 aromatic rings. The molecule has 0 bridgehead atoms.